The van der Waals surface area contributed by atoms with Crippen molar-refractivity contribution >= 4 is 0 Å². The van der Waals surface area contributed by atoms with E-state index in [1.54, 1.807) is 199 Å². The van der Waals surface area contributed by atoms with E-state index in [9.17, 15) is 0 Å². The van der Waals surface area contributed by atoms with Crippen molar-refractivity contribution in [2.75, 3.05) is 0 Å². The molecule has 0 saturated heterocycles. The Morgan fingerprint density at radius 3 is 0.638 bits per heavy atom. The summed E-state index contributed by atoms with van der Waals surface area (Å²) in [6.45, 7) is 41.0. The molecule has 13 atom stereocenters. The van der Waals surface area contributed by atoms with Gasteiger partial charge in [-0.25, -0.2) is 0 Å². The van der Waals surface area contributed by atoms with Gasteiger partial charge < -0.3 is 0 Å². The second-order valence-electron chi connectivity index (χ2n) is 53.1. The van der Waals surface area contributed by atoms with Crippen LogP contribution in [0, 0.1) is 235 Å². The zero-order valence-corrected chi connectivity index (χ0v) is 80.9. The first-order valence-electron chi connectivity index (χ1n) is 55.1. The molecule has 37 rings (SSSR count). The summed E-state index contributed by atoms with van der Waals surface area (Å²) in [6.07, 6.45) is 89.3. The molecule has 0 spiro atoms. The molecule has 0 heterocycles. The van der Waals surface area contributed by atoms with E-state index in [2.05, 4.69) is 118 Å². The lowest BCUT2D eigenvalue weighted by molar-refractivity contribution is -0.0411. The highest BCUT2D eigenvalue weighted by atomic mass is 14.6. The van der Waals surface area contributed by atoms with Crippen molar-refractivity contribution in [1.82, 2.24) is 0 Å². The first-order chi connectivity index (χ1) is 55.1. The predicted octanol–water partition coefficient (Wildman–Crippen LogP) is 36.5. The zero-order valence-electron chi connectivity index (χ0n) is 80.9. The fourth-order valence-electron chi connectivity index (χ4n) is 33.5. The fourth-order valence-corrected chi connectivity index (χ4v) is 33.5. The molecular formula is C116H208. The van der Waals surface area contributed by atoms with Gasteiger partial charge in [0.2, 0.25) is 0 Å². The summed E-state index contributed by atoms with van der Waals surface area (Å²) in [4.78, 5) is 0. The number of rotatable bonds is 0. The molecule has 26 bridgehead atoms. The average Bonchev–Trinajstić information content (AvgIpc) is 1.33. The minimum atomic E-state index is 0. The summed E-state index contributed by atoms with van der Waals surface area (Å²) in [5, 5.41) is 0. The molecule has 37 saturated carbocycles. The summed E-state index contributed by atoms with van der Waals surface area (Å²) in [5.74, 6) is 41.3. The molecule has 672 valence electrons. The van der Waals surface area contributed by atoms with Crippen LogP contribution >= 0.6 is 0 Å². The van der Waals surface area contributed by atoms with Gasteiger partial charge in [0.15, 0.2) is 0 Å². The average molecular weight is 1600 g/mol. The van der Waals surface area contributed by atoms with Gasteiger partial charge in [-0.3, -0.25) is 0 Å². The minimum Gasteiger partial charge on any atom is -0.0776 e. The van der Waals surface area contributed by atoms with Crippen LogP contribution in [0.5, 0.6) is 0 Å². The Morgan fingerprint density at radius 2 is 0.448 bits per heavy atom. The molecule has 0 aromatic rings. The van der Waals surface area contributed by atoms with Gasteiger partial charge in [0.25, 0.3) is 0 Å². The van der Waals surface area contributed by atoms with Gasteiger partial charge in [-0.2, -0.15) is 0 Å². The first-order valence-corrected chi connectivity index (χ1v) is 55.1. The van der Waals surface area contributed by atoms with E-state index in [0.29, 0.717) is 0 Å². The highest BCUT2D eigenvalue weighted by molar-refractivity contribution is 5.02. The van der Waals surface area contributed by atoms with Gasteiger partial charge in [0.1, 0.15) is 0 Å². The van der Waals surface area contributed by atoms with Crippen molar-refractivity contribution in [3.8, 4) is 0 Å². The van der Waals surface area contributed by atoms with Gasteiger partial charge in [-0.1, -0.05) is 254 Å². The van der Waals surface area contributed by atoms with Gasteiger partial charge >= 0.3 is 0 Å². The van der Waals surface area contributed by atoms with Crippen molar-refractivity contribution < 1.29 is 0 Å². The van der Waals surface area contributed by atoms with E-state index in [4.69, 9.17) is 0 Å². The van der Waals surface area contributed by atoms with Gasteiger partial charge in [-0.15, -0.1) is 0 Å². The predicted molar refractivity (Wildman–Crippen MR) is 507 cm³/mol. The lowest BCUT2D eigenvalue weighted by Crippen LogP contribution is -2.44. The molecule has 0 aliphatic heterocycles. The van der Waals surface area contributed by atoms with Crippen LogP contribution in [0.2, 0.25) is 0 Å². The van der Waals surface area contributed by atoms with E-state index in [1.165, 1.54) is 179 Å². The van der Waals surface area contributed by atoms with Crippen LogP contribution in [0.3, 0.4) is 0 Å². The number of hydrogen-bond acceptors (Lipinski definition) is 0. The lowest BCUT2D eigenvalue weighted by Gasteiger charge is -2.55. The topological polar surface area (TPSA) is 0 Å². The van der Waals surface area contributed by atoms with E-state index >= 15 is 0 Å². The summed E-state index contributed by atoms with van der Waals surface area (Å²) in [6, 6.07) is 0. The molecule has 0 nitrogen and oxygen atoms in total. The molecule has 0 radical (unpaired) electrons. The largest absolute Gasteiger partial charge is 0.0776 e. The normalized spacial score (nSPS) is 50.0. The van der Waals surface area contributed by atoms with Crippen LogP contribution < -0.4 is 0 Å². The van der Waals surface area contributed by atoms with Crippen LogP contribution in [0.4, 0.5) is 0 Å². The SMILES string of the molecule is C.CC12CC3CC(CC(C3)C1)C2.CC12CCC(C1)C2.CC12CCC(CC1)C2.CC1C2CC3CC(C2)CC1C3.CC1C2CCC1C2.CC1C2CCCC1C2.CC1CC1.CC1CC2CC(C2)C1C.CC1CC2CC1C2.CC1CC2CCC1C2.CC1CCC1.CC1CCC2CC1C2.CC1CCCC1.CC1CCCCC1.C[C@@H]1CC2CC(C2)[C@H]1C. The van der Waals surface area contributed by atoms with Crippen molar-refractivity contribution in [3.05, 3.63) is 0 Å². The molecular weight excluding hydrogens is 1390 g/mol. The third-order valence-electron chi connectivity index (χ3n) is 43.1. The first kappa shape index (κ1) is 93.6. The molecule has 0 N–H and O–H groups in total. The molecule has 0 aromatic carbocycles. The second kappa shape index (κ2) is 42.7. The third kappa shape index (κ3) is 25.9. The zero-order chi connectivity index (χ0) is 80.9. The fraction of sp³-hybridized carbons (Fsp3) is 1.00. The van der Waals surface area contributed by atoms with Crippen LogP contribution in [0.25, 0.3) is 0 Å². The summed E-state index contributed by atoms with van der Waals surface area (Å²) in [7, 11) is 0. The van der Waals surface area contributed by atoms with Crippen molar-refractivity contribution in [3.63, 3.8) is 0 Å². The number of hydrogen-bond donors (Lipinski definition) is 0. The Labute approximate surface area is 728 Å². The molecule has 37 fully saturated rings. The molecule has 0 heteroatoms. The molecule has 37 aliphatic rings. The lowest BCUT2D eigenvalue weighted by atomic mass is 9.50. The Balaban J connectivity index is 0.000000109. The van der Waals surface area contributed by atoms with Crippen LogP contribution in [0.15, 0.2) is 0 Å². The molecule has 116 heavy (non-hydrogen) atoms. The Kier molecular flexibility index (Phi) is 34.5. The van der Waals surface area contributed by atoms with Crippen LogP contribution in [-0.2, 0) is 0 Å². The third-order valence-corrected chi connectivity index (χ3v) is 43.1. The summed E-state index contributed by atoms with van der Waals surface area (Å²) in [5.41, 5.74) is 2.45. The van der Waals surface area contributed by atoms with Crippen LogP contribution in [-0.4, -0.2) is 0 Å². The molecule has 11 unspecified atom stereocenters. The van der Waals surface area contributed by atoms with Crippen molar-refractivity contribution in [2.24, 2.45) is 235 Å². The quantitative estimate of drug-likeness (QED) is 0.227. The summed E-state index contributed by atoms with van der Waals surface area (Å²) < 4.78 is 0. The maximum absolute atomic E-state index is 2.54. The number of fused-ring (bicyclic) bond motifs is 15. The van der Waals surface area contributed by atoms with Crippen molar-refractivity contribution in [2.45, 2.75) is 498 Å². The van der Waals surface area contributed by atoms with E-state index in [1.807, 2.05) is 0 Å². The van der Waals surface area contributed by atoms with Crippen LogP contribution in [0.1, 0.15) is 498 Å². The van der Waals surface area contributed by atoms with E-state index in [-0.39, 0.29) is 7.43 Å². The maximum atomic E-state index is 2.54. The van der Waals surface area contributed by atoms with Gasteiger partial charge in [0.05, 0.1) is 0 Å². The molecule has 0 aromatic heterocycles. The molecule has 0 amide bonds. The van der Waals surface area contributed by atoms with E-state index in [0.717, 1.165) is 229 Å². The standard InChI is InChI=1S/2C11H18.2C9H16.4C8H14.3C7H12.C7H14.C6H12.C5H10.C4H8.CH4/c1-11-5-8-2-9(6-11)4-10(3-8)7-11;1-7-10-3-8-2-9(5-10)6-11(7)4-8;2*1-6-3-8-4-9(5-8)7(6)2;1-8-4-2-7(6-8)3-5-8;1-6-4-7-2-3-8(6)5-7;1-6-2-3-7-4-8(6)5-7;1-6-7-3-2-4-8(6)5-7;1-5-2-6-3-7(5)4-6;1-7-3-2-6(4-7)5-7;1-5-6-2-3-7(5)4-6;1-7-5-3-2-4-6-7;1-6-4-2-3-5-6;1-5-3-2-4-5;1-4-2-3-4;/h8-10H,2-7H2,1H3;7-11H,2-6H2,1H3;2*6-9H,3-5H2,1-2H3;7H,2-6H2,1H3;3*6-8H,2-5H2,1H3;5-7H,2-4H2,1H3;6H,2-5H2,1H3;5-7H,2-4H2,1H3;7H,2-6H2,1H3;6H,2-5H2,1H3;5H,2-4H2,1H3;4H,2-3H2,1H3;1H4/t;;6-,7+,8?,9?;;;;;;;;;;;;;/m..1............./s1. The Morgan fingerprint density at radius 1 is 0.155 bits per heavy atom. The second-order valence-corrected chi connectivity index (χ2v) is 53.1. The van der Waals surface area contributed by atoms with E-state index < -0.39 is 0 Å². The van der Waals surface area contributed by atoms with Gasteiger partial charge in [-0.05, 0) is 479 Å². The van der Waals surface area contributed by atoms with Gasteiger partial charge in [0, 0.05) is 0 Å². The molecule has 37 aliphatic carbocycles. The monoisotopic (exact) mass is 1600 g/mol. The highest BCUT2D eigenvalue weighted by Gasteiger charge is 2.51. The maximum Gasteiger partial charge on any atom is -0.0318 e. The van der Waals surface area contributed by atoms with Crippen molar-refractivity contribution in [1.29, 1.82) is 0 Å². The Bertz CT molecular complexity index is 2580. The Hall–Kier alpha value is 0. The smallest absolute Gasteiger partial charge is 0.0318 e. The minimum absolute atomic E-state index is 0. The summed E-state index contributed by atoms with van der Waals surface area (Å²) >= 11 is 0. The highest BCUT2D eigenvalue weighted by Crippen LogP contribution is 2.63.